The minimum absolute atomic E-state index is 0.206. The summed E-state index contributed by atoms with van der Waals surface area (Å²) in [5.74, 6) is -3.60. The van der Waals surface area contributed by atoms with Crippen LogP contribution < -0.4 is 5.56 Å². The number of nitrogens with zero attached hydrogens (tertiary/aromatic N) is 5. The summed E-state index contributed by atoms with van der Waals surface area (Å²) in [6.45, 7) is -0.405. The lowest BCUT2D eigenvalue weighted by Gasteiger charge is -2.09. The van der Waals surface area contributed by atoms with E-state index < -0.39 is 59.9 Å². The number of halogens is 4. The molecule has 13 heteroatoms. The van der Waals surface area contributed by atoms with Gasteiger partial charge in [0.25, 0.3) is 23.2 Å². The number of rotatable bonds is 7. The monoisotopic (exact) mass is 449 g/mol. The lowest BCUT2D eigenvalue weighted by molar-refractivity contribution is 0.0970. The van der Waals surface area contributed by atoms with Gasteiger partial charge in [-0.15, -0.1) is 20.4 Å². The van der Waals surface area contributed by atoms with Gasteiger partial charge in [0.05, 0.1) is 12.1 Å². The minimum Gasteiger partial charge on any atom is -0.415 e. The van der Waals surface area contributed by atoms with Gasteiger partial charge < -0.3 is 13.4 Å². The van der Waals surface area contributed by atoms with Crippen LogP contribution in [0.3, 0.4) is 0 Å². The molecule has 0 aliphatic heterocycles. The van der Waals surface area contributed by atoms with Crippen molar-refractivity contribution in [1.29, 1.82) is 0 Å². The van der Waals surface area contributed by atoms with Gasteiger partial charge in [-0.2, -0.15) is 17.6 Å². The molecule has 32 heavy (non-hydrogen) atoms. The number of hydrogen-bond acceptors (Lipinski definition) is 8. The average molecular weight is 449 g/mol. The van der Waals surface area contributed by atoms with Crippen molar-refractivity contribution >= 4 is 5.78 Å². The molecule has 0 amide bonds. The average Bonchev–Trinajstić information content (AvgIpc) is 3.46. The lowest BCUT2D eigenvalue weighted by Crippen LogP contribution is -2.25. The third-order valence-electron chi connectivity index (χ3n) is 4.27. The van der Waals surface area contributed by atoms with Gasteiger partial charge in [-0.1, -0.05) is 30.3 Å². The summed E-state index contributed by atoms with van der Waals surface area (Å²) < 4.78 is 62.2. The van der Waals surface area contributed by atoms with Gasteiger partial charge in [-0.3, -0.25) is 9.59 Å². The highest BCUT2D eigenvalue weighted by Gasteiger charge is 2.26. The molecule has 0 aliphatic carbocycles. The van der Waals surface area contributed by atoms with Crippen molar-refractivity contribution in [1.82, 2.24) is 25.0 Å². The largest absolute Gasteiger partial charge is 0.415 e. The summed E-state index contributed by atoms with van der Waals surface area (Å²) in [5.41, 5.74) is -1.23. The van der Waals surface area contributed by atoms with Crippen LogP contribution in [-0.2, 0) is 6.54 Å². The molecule has 0 aliphatic rings. The third-order valence-corrected chi connectivity index (χ3v) is 4.27. The van der Waals surface area contributed by atoms with Crippen molar-refractivity contribution in [2.75, 3.05) is 0 Å². The van der Waals surface area contributed by atoms with Gasteiger partial charge >= 0.3 is 12.9 Å². The molecular formula is C19H11F4N5O4. The maximum absolute atomic E-state index is 13.1. The molecule has 0 spiro atoms. The molecule has 4 aromatic rings. The minimum atomic E-state index is -3.11. The van der Waals surface area contributed by atoms with Gasteiger partial charge in [-0.25, -0.2) is 0 Å². The Kier molecular flexibility index (Phi) is 5.62. The molecule has 0 N–H and O–H groups in total. The number of Topliss-reactive ketones (excluding diaryl/α,β-unsaturated/α-hetero) is 1. The van der Waals surface area contributed by atoms with Gasteiger partial charge in [0.1, 0.15) is 5.56 Å². The molecule has 164 valence electrons. The molecule has 0 saturated heterocycles. The number of benzene rings is 1. The molecule has 0 radical (unpaired) electrons. The summed E-state index contributed by atoms with van der Waals surface area (Å²) in [4.78, 5) is 25.6. The third kappa shape index (κ3) is 4.04. The van der Waals surface area contributed by atoms with Crippen LogP contribution in [0.4, 0.5) is 17.6 Å². The van der Waals surface area contributed by atoms with Crippen LogP contribution in [0.15, 0.2) is 56.2 Å². The highest BCUT2D eigenvalue weighted by molar-refractivity contribution is 5.95. The zero-order valence-corrected chi connectivity index (χ0v) is 15.8. The zero-order valence-electron chi connectivity index (χ0n) is 15.8. The summed E-state index contributed by atoms with van der Waals surface area (Å²) in [7, 11) is 0. The predicted molar refractivity (Wildman–Crippen MR) is 98.0 cm³/mol. The van der Waals surface area contributed by atoms with E-state index in [1.165, 1.54) is 12.3 Å². The summed E-state index contributed by atoms with van der Waals surface area (Å²) in [6.07, 6.45) is -4.99. The van der Waals surface area contributed by atoms with Crippen molar-refractivity contribution in [2.45, 2.75) is 19.4 Å². The Morgan fingerprint density at radius 1 is 0.875 bits per heavy atom. The van der Waals surface area contributed by atoms with E-state index in [0.717, 1.165) is 4.57 Å². The molecule has 0 fully saturated rings. The SMILES string of the molecule is O=C(Cn1ccc(-c2nnc(C(F)F)o2)c(-c2nnc(C(F)F)o2)c1=O)c1ccccc1. The fourth-order valence-corrected chi connectivity index (χ4v) is 2.81. The van der Waals surface area contributed by atoms with E-state index in [2.05, 4.69) is 20.4 Å². The topological polar surface area (TPSA) is 117 Å². The molecule has 0 unspecified atom stereocenters. The first-order valence-electron chi connectivity index (χ1n) is 8.90. The molecular weight excluding hydrogens is 438 g/mol. The number of pyridine rings is 1. The Morgan fingerprint density at radius 3 is 2.06 bits per heavy atom. The second-order valence-electron chi connectivity index (χ2n) is 6.32. The highest BCUT2D eigenvalue weighted by atomic mass is 19.3. The first kappa shape index (κ1) is 21.1. The first-order valence-corrected chi connectivity index (χ1v) is 8.90. The molecule has 9 nitrogen and oxygen atoms in total. The molecule has 1 aromatic carbocycles. The molecule has 3 heterocycles. The summed E-state index contributed by atoms with van der Waals surface area (Å²) in [5, 5.41) is 13.3. The quantitative estimate of drug-likeness (QED) is 0.310. The van der Waals surface area contributed by atoms with Gasteiger partial charge in [0, 0.05) is 11.8 Å². The predicted octanol–water partition coefficient (Wildman–Crippen LogP) is 3.71. The van der Waals surface area contributed by atoms with Crippen molar-refractivity contribution < 1.29 is 31.2 Å². The molecule has 0 saturated carbocycles. The number of ketones is 1. The van der Waals surface area contributed by atoms with Crippen LogP contribution in [0.2, 0.25) is 0 Å². The van der Waals surface area contributed by atoms with Crippen LogP contribution in [-0.4, -0.2) is 30.7 Å². The number of carbonyl (C=O) groups is 1. The standard InChI is InChI=1S/C19H11F4N5O4/c20-13(21)17-26-24-15(31-17)10-6-7-28(8-11(29)9-4-2-1-3-5-9)19(30)12(10)16-25-27-18(32-16)14(22)23/h1-7,13-14H,8H2. The summed E-state index contributed by atoms with van der Waals surface area (Å²) >= 11 is 0. The van der Waals surface area contributed by atoms with Crippen molar-refractivity contribution in [3.8, 4) is 22.9 Å². The van der Waals surface area contributed by atoms with Crippen molar-refractivity contribution in [2.24, 2.45) is 0 Å². The van der Waals surface area contributed by atoms with E-state index in [4.69, 9.17) is 8.83 Å². The molecule has 0 bridgehead atoms. The van der Waals surface area contributed by atoms with E-state index in [-0.39, 0.29) is 5.56 Å². The molecule has 3 aromatic heterocycles. The Labute approximate surface area is 175 Å². The van der Waals surface area contributed by atoms with Crippen LogP contribution in [0.5, 0.6) is 0 Å². The van der Waals surface area contributed by atoms with E-state index in [0.29, 0.717) is 5.56 Å². The van der Waals surface area contributed by atoms with Gasteiger partial charge in [0.15, 0.2) is 5.78 Å². The Bertz CT molecular complexity index is 1320. The fraction of sp³-hybridized carbons (Fsp3) is 0.158. The van der Waals surface area contributed by atoms with Crippen molar-refractivity contribution in [3.63, 3.8) is 0 Å². The molecule has 4 rings (SSSR count). The van der Waals surface area contributed by atoms with Crippen LogP contribution in [0, 0.1) is 0 Å². The number of hydrogen-bond donors (Lipinski definition) is 0. The normalized spacial score (nSPS) is 11.4. The number of alkyl halides is 4. The Balaban J connectivity index is 1.82. The molecule has 0 atom stereocenters. The fourth-order valence-electron chi connectivity index (χ4n) is 2.81. The number of aromatic nitrogens is 5. The van der Waals surface area contributed by atoms with Crippen LogP contribution in [0.25, 0.3) is 22.9 Å². The summed E-state index contributed by atoms with van der Waals surface area (Å²) in [6, 6.07) is 9.32. The van der Waals surface area contributed by atoms with Crippen LogP contribution in [0.1, 0.15) is 35.0 Å². The van der Waals surface area contributed by atoms with E-state index >= 15 is 0 Å². The highest BCUT2D eigenvalue weighted by Crippen LogP contribution is 2.31. The smallest absolute Gasteiger partial charge is 0.314 e. The van der Waals surface area contributed by atoms with E-state index in [9.17, 15) is 27.2 Å². The zero-order chi connectivity index (χ0) is 22.8. The van der Waals surface area contributed by atoms with E-state index in [1.807, 2.05) is 0 Å². The van der Waals surface area contributed by atoms with Crippen molar-refractivity contribution in [3.05, 3.63) is 70.3 Å². The maximum atomic E-state index is 13.1. The van der Waals surface area contributed by atoms with Crippen LogP contribution >= 0.6 is 0 Å². The Hall–Kier alpha value is -4.16. The second kappa shape index (κ2) is 8.53. The van der Waals surface area contributed by atoms with Gasteiger partial charge in [-0.05, 0) is 6.07 Å². The number of carbonyl (C=O) groups excluding carboxylic acids is 1. The second-order valence-corrected chi connectivity index (χ2v) is 6.32. The Morgan fingerprint density at radius 2 is 1.47 bits per heavy atom. The first-order chi connectivity index (χ1) is 15.3. The van der Waals surface area contributed by atoms with E-state index in [1.54, 1.807) is 30.3 Å². The maximum Gasteiger partial charge on any atom is 0.314 e. The lowest BCUT2D eigenvalue weighted by atomic mass is 10.1. The van der Waals surface area contributed by atoms with Gasteiger partial charge in [0.2, 0.25) is 5.89 Å².